The van der Waals surface area contributed by atoms with E-state index in [9.17, 15) is 9.59 Å². The summed E-state index contributed by atoms with van der Waals surface area (Å²) in [5, 5.41) is 17.1. The fourth-order valence-electron chi connectivity index (χ4n) is 2.03. The first-order valence-electron chi connectivity index (χ1n) is 6.82. The van der Waals surface area contributed by atoms with Gasteiger partial charge in [-0.2, -0.15) is 4.98 Å². The van der Waals surface area contributed by atoms with E-state index in [1.807, 2.05) is 6.07 Å². The second-order valence-electron chi connectivity index (χ2n) is 4.70. The maximum atomic E-state index is 12.6. The molecule has 11 nitrogen and oxygen atoms in total. The second kappa shape index (κ2) is 6.64. The zero-order valence-electron chi connectivity index (χ0n) is 12.2. The van der Waals surface area contributed by atoms with Crippen LogP contribution in [-0.4, -0.2) is 42.2 Å². The van der Waals surface area contributed by atoms with Gasteiger partial charge in [-0.25, -0.2) is 4.68 Å². The Morgan fingerprint density at radius 2 is 2.08 bits per heavy atom. The Balaban J connectivity index is 1.75. The molecule has 24 heavy (non-hydrogen) atoms. The summed E-state index contributed by atoms with van der Waals surface area (Å²) < 4.78 is 5.98. The van der Waals surface area contributed by atoms with Crippen LogP contribution >= 0.6 is 0 Å². The maximum Gasteiger partial charge on any atom is 0.315 e. The molecule has 0 spiro atoms. The molecule has 1 atom stereocenters. The summed E-state index contributed by atoms with van der Waals surface area (Å²) in [5.41, 5.74) is 5.73. The minimum absolute atomic E-state index is 0.0406. The molecule has 2 amide bonds. The van der Waals surface area contributed by atoms with Crippen molar-refractivity contribution >= 4 is 11.8 Å². The normalized spacial score (nSPS) is 11.8. The van der Waals surface area contributed by atoms with Crippen LogP contribution in [0.3, 0.4) is 0 Å². The number of hydrogen-bond donors (Lipinski definition) is 2. The third-order valence-corrected chi connectivity index (χ3v) is 3.09. The average molecular weight is 328 g/mol. The van der Waals surface area contributed by atoms with Crippen LogP contribution in [0.25, 0.3) is 0 Å². The van der Waals surface area contributed by atoms with Gasteiger partial charge in [0, 0.05) is 0 Å². The second-order valence-corrected chi connectivity index (χ2v) is 4.70. The number of carbonyl (C=O) groups is 2. The quantitative estimate of drug-likeness (QED) is 0.587. The van der Waals surface area contributed by atoms with Gasteiger partial charge in [-0.05, 0) is 16.0 Å². The summed E-state index contributed by atoms with van der Waals surface area (Å²) in [6, 6.07) is 8.25. The molecule has 1 unspecified atom stereocenters. The number of amides is 2. The Morgan fingerprint density at radius 3 is 2.71 bits per heavy atom. The Morgan fingerprint density at radius 1 is 1.29 bits per heavy atom. The standard InChI is InChI=1S/C13H12N8O3/c14-11(22)13-17-9(18-24-13)6-15-12(23)10(21-7-16-19-20-21)8-4-2-1-3-5-8/h1-5,7,10H,6H2,(H2,14,22)(H,15,23). The first kappa shape index (κ1) is 15.3. The van der Waals surface area contributed by atoms with Gasteiger partial charge in [0.2, 0.25) is 5.91 Å². The fourth-order valence-corrected chi connectivity index (χ4v) is 2.03. The summed E-state index contributed by atoms with van der Waals surface area (Å²) in [6.45, 7) is -0.0406. The van der Waals surface area contributed by atoms with E-state index in [4.69, 9.17) is 5.73 Å². The number of primary amides is 1. The fraction of sp³-hybridized carbons (Fsp3) is 0.154. The van der Waals surface area contributed by atoms with Gasteiger partial charge in [-0.15, -0.1) is 5.10 Å². The van der Waals surface area contributed by atoms with Crippen LogP contribution in [0.5, 0.6) is 0 Å². The molecular weight excluding hydrogens is 316 g/mol. The Labute approximate surface area is 134 Å². The van der Waals surface area contributed by atoms with Gasteiger partial charge in [-0.1, -0.05) is 35.5 Å². The highest BCUT2D eigenvalue weighted by Crippen LogP contribution is 2.16. The van der Waals surface area contributed by atoms with Gasteiger partial charge in [-0.3, -0.25) is 9.59 Å². The van der Waals surface area contributed by atoms with Gasteiger partial charge in [0.1, 0.15) is 6.33 Å². The lowest BCUT2D eigenvalue weighted by Gasteiger charge is -2.15. The van der Waals surface area contributed by atoms with Crippen LogP contribution in [0.15, 0.2) is 41.2 Å². The number of aromatic nitrogens is 6. The molecule has 0 radical (unpaired) electrons. The van der Waals surface area contributed by atoms with Crippen molar-refractivity contribution in [1.82, 2.24) is 35.7 Å². The smallest absolute Gasteiger partial charge is 0.315 e. The molecule has 122 valence electrons. The number of rotatable bonds is 6. The molecule has 0 fully saturated rings. The van der Waals surface area contributed by atoms with Crippen molar-refractivity contribution in [1.29, 1.82) is 0 Å². The Kier molecular flexibility index (Phi) is 4.23. The SMILES string of the molecule is NC(=O)c1nc(CNC(=O)C(c2ccccc2)n2cnnn2)no1. The number of carbonyl (C=O) groups excluding carboxylic acids is 2. The minimum Gasteiger partial charge on any atom is -0.361 e. The minimum atomic E-state index is -0.837. The van der Waals surface area contributed by atoms with Crippen LogP contribution in [0, 0.1) is 0 Å². The number of nitrogens with two attached hydrogens (primary N) is 1. The zero-order valence-corrected chi connectivity index (χ0v) is 12.2. The van der Waals surface area contributed by atoms with Crippen molar-refractivity contribution in [3.05, 3.63) is 53.9 Å². The number of hydrogen-bond acceptors (Lipinski definition) is 8. The average Bonchev–Trinajstić information content (AvgIpc) is 3.26. The summed E-state index contributed by atoms with van der Waals surface area (Å²) >= 11 is 0. The van der Waals surface area contributed by atoms with Gasteiger partial charge < -0.3 is 15.6 Å². The summed E-state index contributed by atoms with van der Waals surface area (Å²) in [7, 11) is 0. The molecule has 0 aliphatic rings. The molecule has 3 N–H and O–H groups in total. The van der Waals surface area contributed by atoms with Crippen LogP contribution in [0.1, 0.15) is 28.1 Å². The van der Waals surface area contributed by atoms with E-state index in [2.05, 4.69) is 35.5 Å². The van der Waals surface area contributed by atoms with Crippen LogP contribution in [0.2, 0.25) is 0 Å². The van der Waals surface area contributed by atoms with Gasteiger partial charge in [0.05, 0.1) is 6.54 Å². The lowest BCUT2D eigenvalue weighted by Crippen LogP contribution is -2.33. The van der Waals surface area contributed by atoms with Gasteiger partial charge in [0.25, 0.3) is 0 Å². The van der Waals surface area contributed by atoms with E-state index in [-0.39, 0.29) is 24.2 Å². The molecule has 1 aromatic carbocycles. The molecular formula is C13H12N8O3. The first-order valence-corrected chi connectivity index (χ1v) is 6.82. The van der Waals surface area contributed by atoms with E-state index in [0.29, 0.717) is 5.56 Å². The predicted molar refractivity (Wildman–Crippen MR) is 77.1 cm³/mol. The summed E-state index contributed by atoms with van der Waals surface area (Å²) in [5.74, 6) is -1.41. The van der Waals surface area contributed by atoms with Crippen LogP contribution in [0.4, 0.5) is 0 Å². The maximum absolute atomic E-state index is 12.6. The topological polar surface area (TPSA) is 155 Å². The lowest BCUT2D eigenvalue weighted by molar-refractivity contribution is -0.123. The summed E-state index contributed by atoms with van der Waals surface area (Å²) in [6.07, 6.45) is 1.34. The third kappa shape index (κ3) is 3.24. The third-order valence-electron chi connectivity index (χ3n) is 3.09. The molecule has 0 aliphatic heterocycles. The van der Waals surface area contributed by atoms with E-state index < -0.39 is 11.9 Å². The molecule has 3 rings (SSSR count). The first-order chi connectivity index (χ1) is 11.6. The number of tetrazole rings is 1. The highest BCUT2D eigenvalue weighted by atomic mass is 16.5. The van der Waals surface area contributed by atoms with E-state index >= 15 is 0 Å². The van der Waals surface area contributed by atoms with Gasteiger partial charge in [0.15, 0.2) is 11.9 Å². The molecule has 2 heterocycles. The number of benzene rings is 1. The number of nitrogens with one attached hydrogen (secondary N) is 1. The van der Waals surface area contributed by atoms with Crippen LogP contribution < -0.4 is 11.1 Å². The molecule has 11 heteroatoms. The van der Waals surface area contributed by atoms with Crippen molar-refractivity contribution in [2.24, 2.45) is 5.73 Å². The molecule has 2 aromatic heterocycles. The largest absolute Gasteiger partial charge is 0.361 e. The highest BCUT2D eigenvalue weighted by Gasteiger charge is 2.24. The van der Waals surface area contributed by atoms with Gasteiger partial charge >= 0.3 is 11.8 Å². The van der Waals surface area contributed by atoms with Crippen molar-refractivity contribution in [2.45, 2.75) is 12.6 Å². The highest BCUT2D eigenvalue weighted by molar-refractivity contribution is 5.87. The van der Waals surface area contributed by atoms with Crippen molar-refractivity contribution in [3.63, 3.8) is 0 Å². The van der Waals surface area contributed by atoms with Crippen LogP contribution in [-0.2, 0) is 11.3 Å². The van der Waals surface area contributed by atoms with Crippen molar-refractivity contribution < 1.29 is 14.1 Å². The molecule has 0 bridgehead atoms. The van der Waals surface area contributed by atoms with E-state index in [1.165, 1.54) is 11.0 Å². The number of nitrogens with zero attached hydrogens (tertiary/aromatic N) is 6. The Hall–Kier alpha value is -3.63. The molecule has 3 aromatic rings. The van der Waals surface area contributed by atoms with Crippen molar-refractivity contribution in [3.8, 4) is 0 Å². The Bertz CT molecular complexity index is 830. The molecule has 0 saturated heterocycles. The van der Waals surface area contributed by atoms with Crippen molar-refractivity contribution in [2.75, 3.05) is 0 Å². The van der Waals surface area contributed by atoms with E-state index in [1.54, 1.807) is 24.3 Å². The monoisotopic (exact) mass is 328 g/mol. The van der Waals surface area contributed by atoms with E-state index in [0.717, 1.165) is 0 Å². The molecule has 0 aliphatic carbocycles. The predicted octanol–water partition coefficient (Wildman–Crippen LogP) is -0.939. The molecule has 0 saturated carbocycles. The summed E-state index contributed by atoms with van der Waals surface area (Å²) in [4.78, 5) is 27.2. The lowest BCUT2D eigenvalue weighted by atomic mass is 10.1. The zero-order chi connectivity index (χ0) is 16.9.